The van der Waals surface area contributed by atoms with Crippen molar-refractivity contribution in [1.29, 1.82) is 0 Å². The van der Waals surface area contributed by atoms with Gasteiger partial charge in [-0.1, -0.05) is 24.3 Å². The van der Waals surface area contributed by atoms with Gasteiger partial charge in [-0.25, -0.2) is 0 Å². The lowest BCUT2D eigenvalue weighted by molar-refractivity contribution is -0.117. The van der Waals surface area contributed by atoms with Gasteiger partial charge in [0, 0.05) is 22.9 Å². The maximum absolute atomic E-state index is 12.6. The molecule has 0 aromatic heterocycles. The van der Waals surface area contributed by atoms with Crippen molar-refractivity contribution in [3.8, 4) is 0 Å². The summed E-state index contributed by atoms with van der Waals surface area (Å²) in [5.41, 5.74) is 4.75. The number of carbonyl (C=O) groups excluding carboxylic acids is 1. The Morgan fingerprint density at radius 2 is 2.09 bits per heavy atom. The SMILES string of the molecule is O=C(Nc1ccc2c(c1)CNCC2)C1CSc2ccccc21. The van der Waals surface area contributed by atoms with Gasteiger partial charge in [0.1, 0.15) is 0 Å². The monoisotopic (exact) mass is 310 g/mol. The van der Waals surface area contributed by atoms with Gasteiger partial charge in [-0.3, -0.25) is 4.79 Å². The molecule has 0 aliphatic carbocycles. The van der Waals surface area contributed by atoms with Crippen molar-refractivity contribution in [3.05, 3.63) is 59.2 Å². The molecule has 22 heavy (non-hydrogen) atoms. The summed E-state index contributed by atoms with van der Waals surface area (Å²) in [6.07, 6.45) is 1.07. The van der Waals surface area contributed by atoms with E-state index in [-0.39, 0.29) is 11.8 Å². The topological polar surface area (TPSA) is 41.1 Å². The Labute approximate surface area is 134 Å². The average Bonchev–Trinajstić information content (AvgIpc) is 2.99. The van der Waals surface area contributed by atoms with Gasteiger partial charge in [-0.05, 0) is 47.9 Å². The smallest absolute Gasteiger partial charge is 0.232 e. The molecule has 0 fully saturated rings. The van der Waals surface area contributed by atoms with Gasteiger partial charge in [0.25, 0.3) is 0 Å². The van der Waals surface area contributed by atoms with Gasteiger partial charge in [0.05, 0.1) is 5.92 Å². The number of carbonyl (C=O) groups is 1. The first kappa shape index (κ1) is 13.9. The molecule has 1 atom stereocenters. The Balaban J connectivity index is 1.53. The summed E-state index contributed by atoms with van der Waals surface area (Å²) in [5.74, 6) is 0.883. The molecule has 0 bridgehead atoms. The Morgan fingerprint density at radius 1 is 1.18 bits per heavy atom. The van der Waals surface area contributed by atoms with E-state index in [2.05, 4.69) is 34.9 Å². The minimum absolute atomic E-state index is 0.0460. The number of rotatable bonds is 2. The van der Waals surface area contributed by atoms with E-state index in [1.54, 1.807) is 11.8 Å². The van der Waals surface area contributed by atoms with Crippen LogP contribution in [0.4, 0.5) is 5.69 Å². The fourth-order valence-corrected chi connectivity index (χ4v) is 4.40. The summed E-state index contributed by atoms with van der Waals surface area (Å²) < 4.78 is 0. The molecule has 4 heteroatoms. The van der Waals surface area contributed by atoms with Crippen LogP contribution in [0, 0.1) is 0 Å². The number of amides is 1. The van der Waals surface area contributed by atoms with Crippen molar-refractivity contribution in [1.82, 2.24) is 5.32 Å². The van der Waals surface area contributed by atoms with Crippen molar-refractivity contribution in [2.45, 2.75) is 23.8 Å². The van der Waals surface area contributed by atoms with E-state index in [1.165, 1.54) is 16.0 Å². The van der Waals surface area contributed by atoms with Crippen LogP contribution in [0.1, 0.15) is 22.6 Å². The molecule has 112 valence electrons. The molecule has 1 amide bonds. The lowest BCUT2D eigenvalue weighted by atomic mass is 9.99. The summed E-state index contributed by atoms with van der Waals surface area (Å²) >= 11 is 1.77. The van der Waals surface area contributed by atoms with E-state index < -0.39 is 0 Å². The molecular weight excluding hydrogens is 292 g/mol. The third kappa shape index (κ3) is 2.53. The highest BCUT2D eigenvalue weighted by molar-refractivity contribution is 7.99. The number of hydrogen-bond acceptors (Lipinski definition) is 3. The minimum atomic E-state index is -0.0460. The molecule has 2 aromatic carbocycles. The van der Waals surface area contributed by atoms with Crippen molar-refractivity contribution in [2.75, 3.05) is 17.6 Å². The van der Waals surface area contributed by atoms with Gasteiger partial charge >= 0.3 is 0 Å². The number of thioether (sulfide) groups is 1. The molecule has 2 aliphatic heterocycles. The molecule has 0 saturated carbocycles. The second kappa shape index (κ2) is 5.78. The number of hydrogen-bond donors (Lipinski definition) is 2. The van der Waals surface area contributed by atoms with Crippen molar-refractivity contribution in [2.24, 2.45) is 0 Å². The Kier molecular flexibility index (Phi) is 3.64. The first-order valence-corrected chi connectivity index (χ1v) is 8.65. The molecule has 4 rings (SSSR count). The van der Waals surface area contributed by atoms with Crippen molar-refractivity contribution < 1.29 is 4.79 Å². The lowest BCUT2D eigenvalue weighted by Gasteiger charge is -2.19. The van der Waals surface area contributed by atoms with Crippen LogP contribution in [0.5, 0.6) is 0 Å². The molecular formula is C18H18N2OS. The summed E-state index contributed by atoms with van der Waals surface area (Å²) in [5, 5.41) is 6.47. The molecule has 3 nitrogen and oxygen atoms in total. The molecule has 2 aromatic rings. The van der Waals surface area contributed by atoms with Crippen molar-refractivity contribution in [3.63, 3.8) is 0 Å². The fourth-order valence-electron chi connectivity index (χ4n) is 3.17. The standard InChI is InChI=1S/C18H18N2OS/c21-18(16-11-22-17-4-2-1-3-15(16)17)20-14-6-5-12-7-8-19-10-13(12)9-14/h1-6,9,16,19H,7-8,10-11H2,(H,20,21). The summed E-state index contributed by atoms with van der Waals surface area (Å²) in [6.45, 7) is 1.93. The van der Waals surface area contributed by atoms with Gasteiger partial charge in [-0.2, -0.15) is 0 Å². The van der Waals surface area contributed by atoms with Crippen LogP contribution in [-0.2, 0) is 17.8 Å². The van der Waals surface area contributed by atoms with E-state index in [1.807, 2.05) is 18.2 Å². The second-order valence-electron chi connectivity index (χ2n) is 5.80. The van der Waals surface area contributed by atoms with Crippen LogP contribution >= 0.6 is 11.8 Å². The zero-order valence-corrected chi connectivity index (χ0v) is 13.1. The summed E-state index contributed by atoms with van der Waals surface area (Å²) in [6, 6.07) is 14.5. The van der Waals surface area contributed by atoms with E-state index in [4.69, 9.17) is 0 Å². The Hall–Kier alpha value is -1.78. The van der Waals surface area contributed by atoms with Crippen LogP contribution < -0.4 is 10.6 Å². The molecule has 2 N–H and O–H groups in total. The zero-order valence-electron chi connectivity index (χ0n) is 12.3. The predicted molar refractivity (Wildman–Crippen MR) is 90.4 cm³/mol. The molecule has 1 unspecified atom stereocenters. The van der Waals surface area contributed by atoms with E-state index >= 15 is 0 Å². The Bertz CT molecular complexity index is 729. The molecule has 2 aliphatic rings. The maximum atomic E-state index is 12.6. The van der Waals surface area contributed by atoms with Gasteiger partial charge < -0.3 is 10.6 Å². The first-order valence-electron chi connectivity index (χ1n) is 7.66. The maximum Gasteiger partial charge on any atom is 0.232 e. The fraction of sp³-hybridized carbons (Fsp3) is 0.278. The largest absolute Gasteiger partial charge is 0.326 e. The van der Waals surface area contributed by atoms with Gasteiger partial charge in [-0.15, -0.1) is 11.8 Å². The van der Waals surface area contributed by atoms with Gasteiger partial charge in [0.15, 0.2) is 0 Å². The van der Waals surface area contributed by atoms with Crippen LogP contribution in [0.3, 0.4) is 0 Å². The average molecular weight is 310 g/mol. The third-order valence-corrected chi connectivity index (χ3v) is 5.56. The van der Waals surface area contributed by atoms with Crippen LogP contribution in [0.25, 0.3) is 0 Å². The van der Waals surface area contributed by atoms with Crippen LogP contribution in [-0.4, -0.2) is 18.2 Å². The quantitative estimate of drug-likeness (QED) is 0.895. The molecule has 0 spiro atoms. The molecule has 2 heterocycles. The zero-order chi connectivity index (χ0) is 14.9. The van der Waals surface area contributed by atoms with E-state index in [0.717, 1.165) is 36.5 Å². The third-order valence-electron chi connectivity index (χ3n) is 4.38. The van der Waals surface area contributed by atoms with Crippen LogP contribution in [0.15, 0.2) is 47.4 Å². The second-order valence-corrected chi connectivity index (χ2v) is 6.86. The minimum Gasteiger partial charge on any atom is -0.326 e. The first-order chi connectivity index (χ1) is 10.8. The predicted octanol–water partition coefficient (Wildman–Crippen LogP) is 3.16. The lowest BCUT2D eigenvalue weighted by Crippen LogP contribution is -2.24. The number of nitrogens with one attached hydrogen (secondary N) is 2. The summed E-state index contributed by atoms with van der Waals surface area (Å²) in [4.78, 5) is 13.8. The number of anilines is 1. The van der Waals surface area contributed by atoms with E-state index in [9.17, 15) is 4.79 Å². The van der Waals surface area contributed by atoms with Crippen molar-refractivity contribution >= 4 is 23.4 Å². The van der Waals surface area contributed by atoms with E-state index in [0.29, 0.717) is 0 Å². The van der Waals surface area contributed by atoms with Gasteiger partial charge in [0.2, 0.25) is 5.91 Å². The number of fused-ring (bicyclic) bond motifs is 2. The molecule has 0 saturated heterocycles. The normalized spacial score (nSPS) is 19.4. The molecule has 0 radical (unpaired) electrons. The highest BCUT2D eigenvalue weighted by Crippen LogP contribution is 2.39. The number of benzene rings is 2. The van der Waals surface area contributed by atoms with Crippen LogP contribution in [0.2, 0.25) is 0 Å². The summed E-state index contributed by atoms with van der Waals surface area (Å²) in [7, 11) is 0. The highest BCUT2D eigenvalue weighted by atomic mass is 32.2. The highest BCUT2D eigenvalue weighted by Gasteiger charge is 2.29. The Morgan fingerprint density at radius 3 is 3.05 bits per heavy atom.